The number of aromatic nitrogens is 5. The van der Waals surface area contributed by atoms with Crippen LogP contribution in [0.15, 0.2) is 85.5 Å². The van der Waals surface area contributed by atoms with Crippen molar-refractivity contribution >= 4 is 52.7 Å². The molecule has 362 valence electrons. The van der Waals surface area contributed by atoms with Crippen LogP contribution in [0, 0.1) is 5.41 Å². The molecular weight excluding hydrogens is 875 g/mol. The number of alkyl carbamates (subject to hydrolysis) is 2. The molecule has 5 aromatic rings. The standard InChI is InChI=1S/C21H22N4O4.C14H20N2O3.C14H19NO2.CO2/c1-12(24-20(28)29-21(2,3)4)17-16(14-9-5-6-10-22-14)15(19(26)27)13-8-7-11-23-18(13)25-17;1-10(16-13(18)19-14(2,3)4)12(17)9-11-7-5-6-8-15-11;1-5-12(16)10-7-6-8-15-11(10)9-13(17)14(2,3)4;2-1-3/h5-12H,1-4H3,(H,24,28)(H,26,27);5-8,10H,9H2,1-4H3,(H,16,18);6-8H,5,9H2,1-4H3;/t;10-;;/m.0../s1. The fourth-order valence-electron chi connectivity index (χ4n) is 5.81. The van der Waals surface area contributed by atoms with Crippen LogP contribution >= 0.6 is 0 Å². The van der Waals surface area contributed by atoms with Gasteiger partial charge in [-0.2, -0.15) is 9.59 Å². The van der Waals surface area contributed by atoms with Crippen molar-refractivity contribution in [3.63, 3.8) is 0 Å². The van der Waals surface area contributed by atoms with Crippen molar-refractivity contribution in [3.8, 4) is 11.3 Å². The Labute approximate surface area is 396 Å². The summed E-state index contributed by atoms with van der Waals surface area (Å²) in [6.07, 6.45) is 6.25. The van der Waals surface area contributed by atoms with Crippen LogP contribution in [-0.2, 0) is 41.5 Å². The minimum atomic E-state index is -1.13. The van der Waals surface area contributed by atoms with Gasteiger partial charge in [0.2, 0.25) is 0 Å². The number of pyridine rings is 5. The molecule has 3 N–H and O–H groups in total. The third-order valence-corrected chi connectivity index (χ3v) is 9.04. The number of hydrogen-bond acceptors (Lipinski definition) is 15. The second-order valence-corrected chi connectivity index (χ2v) is 18.0. The lowest BCUT2D eigenvalue weighted by Crippen LogP contribution is -2.42. The number of nitrogens with zero attached hydrogens (tertiary/aromatic N) is 5. The number of rotatable bonds is 12. The summed E-state index contributed by atoms with van der Waals surface area (Å²) in [6, 6.07) is 16.1. The molecule has 0 saturated carbocycles. The molecular formula is C50H61N7O11. The van der Waals surface area contributed by atoms with Crippen LogP contribution in [0.1, 0.15) is 133 Å². The van der Waals surface area contributed by atoms with Crippen LogP contribution in [-0.4, -0.2) is 88.9 Å². The molecule has 18 nitrogen and oxygen atoms in total. The van der Waals surface area contributed by atoms with Gasteiger partial charge in [0.05, 0.1) is 41.1 Å². The summed E-state index contributed by atoms with van der Waals surface area (Å²) in [5, 5.41) is 15.6. The topological polar surface area (TPSA) is 264 Å². The Bertz CT molecular complexity index is 2540. The van der Waals surface area contributed by atoms with Gasteiger partial charge in [-0.25, -0.2) is 24.4 Å². The van der Waals surface area contributed by atoms with E-state index in [1.807, 2.05) is 33.8 Å². The van der Waals surface area contributed by atoms with Gasteiger partial charge >= 0.3 is 24.3 Å². The summed E-state index contributed by atoms with van der Waals surface area (Å²) in [4.78, 5) is 109. The molecule has 5 rings (SSSR count). The monoisotopic (exact) mass is 935 g/mol. The third kappa shape index (κ3) is 19.1. The molecule has 0 spiro atoms. The maximum atomic E-state index is 12.3. The number of ether oxygens (including phenoxy) is 2. The van der Waals surface area contributed by atoms with Gasteiger partial charge in [0.1, 0.15) is 17.0 Å². The predicted molar refractivity (Wildman–Crippen MR) is 251 cm³/mol. The first-order valence-corrected chi connectivity index (χ1v) is 21.6. The molecule has 1 unspecified atom stereocenters. The molecule has 5 heterocycles. The highest BCUT2D eigenvalue weighted by atomic mass is 16.6. The Morgan fingerprint density at radius 1 is 0.691 bits per heavy atom. The van der Waals surface area contributed by atoms with E-state index in [1.165, 1.54) is 6.20 Å². The second kappa shape index (κ2) is 25.9. The fourth-order valence-corrected chi connectivity index (χ4v) is 5.81. The number of carbonyl (C=O) groups is 6. The molecule has 68 heavy (non-hydrogen) atoms. The Hall–Kier alpha value is -7.59. The van der Waals surface area contributed by atoms with Crippen LogP contribution in [0.2, 0.25) is 0 Å². The molecule has 0 fully saturated rings. The molecule has 0 bridgehead atoms. The van der Waals surface area contributed by atoms with Crippen LogP contribution in [0.3, 0.4) is 0 Å². The van der Waals surface area contributed by atoms with Crippen molar-refractivity contribution < 1.29 is 52.9 Å². The molecule has 0 aliphatic carbocycles. The van der Waals surface area contributed by atoms with Crippen molar-refractivity contribution in [3.05, 3.63) is 114 Å². The number of carbonyl (C=O) groups excluding carboxylic acids is 7. The smallest absolute Gasteiger partial charge is 0.408 e. The van der Waals surface area contributed by atoms with Crippen LogP contribution in [0.4, 0.5) is 9.59 Å². The van der Waals surface area contributed by atoms with E-state index in [2.05, 4.69) is 35.6 Å². The highest BCUT2D eigenvalue weighted by Crippen LogP contribution is 2.34. The summed E-state index contributed by atoms with van der Waals surface area (Å²) in [5.74, 6) is -1.10. The van der Waals surface area contributed by atoms with Gasteiger partial charge in [0, 0.05) is 65.3 Å². The molecule has 2 amide bonds. The van der Waals surface area contributed by atoms with Crippen molar-refractivity contribution in [2.24, 2.45) is 5.41 Å². The highest BCUT2D eigenvalue weighted by Gasteiger charge is 2.28. The minimum absolute atomic E-state index is 0.0367. The quantitative estimate of drug-likeness (QED) is 0.0992. The summed E-state index contributed by atoms with van der Waals surface area (Å²) < 4.78 is 10.4. The van der Waals surface area contributed by atoms with E-state index < -0.39 is 46.9 Å². The van der Waals surface area contributed by atoms with E-state index in [0.29, 0.717) is 45.7 Å². The van der Waals surface area contributed by atoms with E-state index in [1.54, 1.807) is 129 Å². The van der Waals surface area contributed by atoms with Gasteiger partial charge in [-0.15, -0.1) is 0 Å². The first-order chi connectivity index (χ1) is 31.7. The Kier molecular flexibility index (Phi) is 21.6. The number of amides is 2. The lowest BCUT2D eigenvalue weighted by atomic mass is 9.87. The highest BCUT2D eigenvalue weighted by molar-refractivity contribution is 6.08. The third-order valence-electron chi connectivity index (χ3n) is 9.04. The van der Waals surface area contributed by atoms with E-state index in [4.69, 9.17) is 19.1 Å². The number of aromatic carboxylic acids is 1. The average Bonchev–Trinajstić information content (AvgIpc) is 3.25. The van der Waals surface area contributed by atoms with Crippen molar-refractivity contribution in [1.29, 1.82) is 0 Å². The fraction of sp³-hybridized carbons (Fsp3) is 0.400. The van der Waals surface area contributed by atoms with Crippen molar-refractivity contribution in [2.75, 3.05) is 0 Å². The van der Waals surface area contributed by atoms with Crippen LogP contribution in [0.5, 0.6) is 0 Å². The van der Waals surface area contributed by atoms with E-state index in [0.717, 1.165) is 0 Å². The van der Waals surface area contributed by atoms with E-state index in [-0.39, 0.29) is 47.6 Å². The van der Waals surface area contributed by atoms with Gasteiger partial charge < -0.3 is 25.2 Å². The molecule has 0 radical (unpaired) electrons. The van der Waals surface area contributed by atoms with Crippen molar-refractivity contribution in [1.82, 2.24) is 35.6 Å². The van der Waals surface area contributed by atoms with Gasteiger partial charge in [-0.3, -0.25) is 29.3 Å². The summed E-state index contributed by atoms with van der Waals surface area (Å²) in [6.45, 7) is 21.4. The maximum absolute atomic E-state index is 12.3. The summed E-state index contributed by atoms with van der Waals surface area (Å²) >= 11 is 0. The van der Waals surface area contributed by atoms with E-state index >= 15 is 0 Å². The number of nitrogens with one attached hydrogen (secondary N) is 2. The SMILES string of the molecule is CC(NC(=O)OC(C)(C)C)c1nc2ncccc2c(C(=O)O)c1-c1ccccn1.CCC(=O)c1cccnc1CC(=O)C(C)(C)C.C[C@H](NC(=O)OC(C)(C)C)C(=O)Cc1ccccn1.O=C=O. The number of fused-ring (bicyclic) bond motifs is 1. The molecule has 0 aliphatic heterocycles. The molecule has 0 aliphatic rings. The minimum Gasteiger partial charge on any atom is -0.478 e. The lowest BCUT2D eigenvalue weighted by molar-refractivity contribution is -0.191. The number of hydrogen-bond donors (Lipinski definition) is 3. The molecule has 18 heteroatoms. The summed E-state index contributed by atoms with van der Waals surface area (Å²) in [5.41, 5.74) is 1.65. The Morgan fingerprint density at radius 3 is 1.75 bits per heavy atom. The zero-order valence-corrected chi connectivity index (χ0v) is 40.6. The Balaban J connectivity index is 0.000000356. The second-order valence-electron chi connectivity index (χ2n) is 18.0. The van der Waals surface area contributed by atoms with Gasteiger partial charge in [0.15, 0.2) is 17.2 Å². The largest absolute Gasteiger partial charge is 0.478 e. The Morgan fingerprint density at radius 2 is 1.24 bits per heavy atom. The zero-order valence-electron chi connectivity index (χ0n) is 40.6. The molecule has 0 saturated heterocycles. The normalized spacial score (nSPS) is 11.8. The first kappa shape index (κ1) is 56.5. The molecule has 0 aromatic carbocycles. The number of ketones is 3. The average molecular weight is 936 g/mol. The first-order valence-electron chi connectivity index (χ1n) is 21.6. The van der Waals surface area contributed by atoms with Gasteiger partial charge in [0.25, 0.3) is 0 Å². The van der Waals surface area contributed by atoms with Gasteiger partial charge in [-0.05, 0) is 104 Å². The number of carboxylic acids is 1. The van der Waals surface area contributed by atoms with Gasteiger partial charge in [-0.1, -0.05) is 39.8 Å². The number of Topliss-reactive ketones (excluding diaryl/α,β-unsaturated/α-hetero) is 3. The molecule has 2 atom stereocenters. The molecule has 5 aromatic heterocycles. The van der Waals surface area contributed by atoms with Crippen LogP contribution in [0.25, 0.3) is 22.3 Å². The number of carboxylic acid groups (broad SMARTS) is 1. The van der Waals surface area contributed by atoms with Crippen molar-refractivity contribution in [2.45, 2.75) is 126 Å². The maximum Gasteiger partial charge on any atom is 0.408 e. The predicted octanol–water partition coefficient (Wildman–Crippen LogP) is 8.33. The zero-order chi connectivity index (χ0) is 51.4. The van der Waals surface area contributed by atoms with Crippen LogP contribution < -0.4 is 10.6 Å². The lowest BCUT2D eigenvalue weighted by Gasteiger charge is -2.23. The van der Waals surface area contributed by atoms with E-state index in [9.17, 15) is 33.9 Å². The summed E-state index contributed by atoms with van der Waals surface area (Å²) in [7, 11) is 0.